The Morgan fingerprint density at radius 3 is 2.45 bits per heavy atom. The molecule has 10 heteroatoms. The van der Waals surface area contributed by atoms with Crippen LogP contribution in [0.2, 0.25) is 0 Å². The van der Waals surface area contributed by atoms with E-state index in [0.717, 1.165) is 16.2 Å². The molecule has 0 fully saturated rings. The van der Waals surface area contributed by atoms with Gasteiger partial charge in [-0.3, -0.25) is 0 Å². The average molecular weight is 370 g/mol. The summed E-state index contributed by atoms with van der Waals surface area (Å²) in [4.78, 5) is 0.820. The molecule has 128 valence electrons. The second kappa shape index (κ2) is 8.37. The number of sulfonamides is 2. The Labute approximate surface area is 136 Å². The van der Waals surface area contributed by atoms with Gasteiger partial charge in [0.2, 0.25) is 20.0 Å². The van der Waals surface area contributed by atoms with E-state index in [1.165, 1.54) is 0 Å². The number of rotatable bonds is 10. The van der Waals surface area contributed by atoms with Crippen LogP contribution in [0, 0.1) is 0 Å². The minimum absolute atomic E-state index is 0.0324. The molecule has 1 aromatic heterocycles. The summed E-state index contributed by atoms with van der Waals surface area (Å²) in [5.74, 6) is 0.0324. The van der Waals surface area contributed by atoms with Crippen molar-refractivity contribution >= 4 is 31.4 Å². The van der Waals surface area contributed by atoms with Gasteiger partial charge in [-0.05, 0) is 39.4 Å². The molecular formula is C12H23N3O4S3. The van der Waals surface area contributed by atoms with Crippen molar-refractivity contribution in [2.24, 2.45) is 0 Å². The molecule has 1 rings (SSSR count). The van der Waals surface area contributed by atoms with Crippen molar-refractivity contribution in [3.05, 3.63) is 17.0 Å². The Kier molecular flexibility index (Phi) is 7.42. The number of hydrogen-bond acceptors (Lipinski definition) is 6. The molecule has 0 spiro atoms. The van der Waals surface area contributed by atoms with Gasteiger partial charge in [0.25, 0.3) is 0 Å². The van der Waals surface area contributed by atoms with Crippen LogP contribution in [0.3, 0.4) is 0 Å². The topological polar surface area (TPSA) is 104 Å². The molecule has 1 aromatic rings. The molecular weight excluding hydrogens is 346 g/mol. The van der Waals surface area contributed by atoms with Crippen LogP contribution in [0.25, 0.3) is 0 Å². The van der Waals surface area contributed by atoms with Crippen LogP contribution in [0.15, 0.2) is 16.3 Å². The fourth-order valence-corrected chi connectivity index (χ4v) is 4.62. The van der Waals surface area contributed by atoms with Gasteiger partial charge < -0.3 is 5.32 Å². The second-order valence-corrected chi connectivity index (χ2v) is 10.1. The lowest BCUT2D eigenvalue weighted by Gasteiger charge is -2.10. The SMILES string of the molecule is CCS(=O)(=O)NCCc1ccc(S(=O)(=O)NCC(C)NC)s1. The third kappa shape index (κ3) is 6.31. The van der Waals surface area contributed by atoms with Crippen LogP contribution >= 0.6 is 11.3 Å². The number of thiophene rings is 1. The molecule has 0 aromatic carbocycles. The van der Waals surface area contributed by atoms with Gasteiger partial charge in [0, 0.05) is 24.0 Å². The molecule has 0 aliphatic heterocycles. The van der Waals surface area contributed by atoms with E-state index in [-0.39, 0.29) is 22.5 Å². The van der Waals surface area contributed by atoms with Crippen molar-refractivity contribution in [1.29, 1.82) is 0 Å². The van der Waals surface area contributed by atoms with E-state index < -0.39 is 20.0 Å². The Morgan fingerprint density at radius 2 is 1.86 bits per heavy atom. The molecule has 0 radical (unpaired) electrons. The molecule has 1 heterocycles. The molecule has 1 atom stereocenters. The van der Waals surface area contributed by atoms with Gasteiger partial charge in [0.1, 0.15) is 4.21 Å². The van der Waals surface area contributed by atoms with E-state index >= 15 is 0 Å². The summed E-state index contributed by atoms with van der Waals surface area (Å²) in [5.41, 5.74) is 0. The highest BCUT2D eigenvalue weighted by molar-refractivity contribution is 7.91. The zero-order chi connectivity index (χ0) is 16.8. The first-order chi connectivity index (χ1) is 10.2. The predicted molar refractivity (Wildman–Crippen MR) is 89.2 cm³/mol. The molecule has 3 N–H and O–H groups in total. The molecule has 0 aliphatic rings. The van der Waals surface area contributed by atoms with Gasteiger partial charge in [-0.1, -0.05) is 0 Å². The van der Waals surface area contributed by atoms with Gasteiger partial charge in [0.05, 0.1) is 5.75 Å². The highest BCUT2D eigenvalue weighted by Gasteiger charge is 2.17. The molecule has 0 bridgehead atoms. The molecule has 0 aliphatic carbocycles. The maximum Gasteiger partial charge on any atom is 0.250 e. The van der Waals surface area contributed by atoms with Crippen LogP contribution < -0.4 is 14.8 Å². The van der Waals surface area contributed by atoms with Crippen LogP contribution in [-0.2, 0) is 26.5 Å². The van der Waals surface area contributed by atoms with Crippen molar-refractivity contribution < 1.29 is 16.8 Å². The maximum atomic E-state index is 12.1. The first-order valence-electron chi connectivity index (χ1n) is 6.93. The Hall–Kier alpha value is -0.520. The summed E-state index contributed by atoms with van der Waals surface area (Å²) < 4.78 is 52.1. The monoisotopic (exact) mass is 369 g/mol. The van der Waals surface area contributed by atoms with Crippen molar-refractivity contribution in [2.75, 3.05) is 25.9 Å². The van der Waals surface area contributed by atoms with Crippen LogP contribution in [0.4, 0.5) is 0 Å². The molecule has 7 nitrogen and oxygen atoms in total. The summed E-state index contributed by atoms with van der Waals surface area (Å²) in [6.07, 6.45) is 0.465. The van der Waals surface area contributed by atoms with E-state index in [1.54, 1.807) is 26.1 Å². The lowest BCUT2D eigenvalue weighted by atomic mass is 10.3. The van der Waals surface area contributed by atoms with Crippen molar-refractivity contribution in [3.63, 3.8) is 0 Å². The van der Waals surface area contributed by atoms with Crippen LogP contribution in [0.5, 0.6) is 0 Å². The molecule has 22 heavy (non-hydrogen) atoms. The number of hydrogen-bond donors (Lipinski definition) is 3. The fourth-order valence-electron chi connectivity index (χ4n) is 1.48. The van der Waals surface area contributed by atoms with Crippen LogP contribution in [-0.4, -0.2) is 48.8 Å². The van der Waals surface area contributed by atoms with E-state index in [2.05, 4.69) is 14.8 Å². The first kappa shape index (κ1) is 19.5. The lowest BCUT2D eigenvalue weighted by Crippen LogP contribution is -2.36. The van der Waals surface area contributed by atoms with Gasteiger partial charge in [-0.15, -0.1) is 11.3 Å². The average Bonchev–Trinajstić information content (AvgIpc) is 2.94. The fraction of sp³-hybridized carbons (Fsp3) is 0.667. The van der Waals surface area contributed by atoms with Gasteiger partial charge >= 0.3 is 0 Å². The van der Waals surface area contributed by atoms with Crippen molar-refractivity contribution in [3.8, 4) is 0 Å². The quantitative estimate of drug-likeness (QED) is 0.543. The molecule has 0 saturated heterocycles. The van der Waals surface area contributed by atoms with Gasteiger partial charge in [0.15, 0.2) is 0 Å². The smallest absolute Gasteiger partial charge is 0.250 e. The minimum atomic E-state index is -3.51. The summed E-state index contributed by atoms with van der Waals surface area (Å²) in [7, 11) is -4.96. The standard InChI is InChI=1S/C12H23N3O4S3/c1-4-21(16,17)14-8-7-11-5-6-12(20-11)22(18,19)15-9-10(2)13-3/h5-6,10,13-15H,4,7-9H2,1-3H3. The second-order valence-electron chi connectivity index (χ2n) is 4.81. The zero-order valence-electron chi connectivity index (χ0n) is 12.9. The predicted octanol–water partition coefficient (Wildman–Crippen LogP) is 0.116. The first-order valence-corrected chi connectivity index (χ1v) is 10.9. The van der Waals surface area contributed by atoms with Crippen LogP contribution in [0.1, 0.15) is 18.7 Å². The normalized spacial score (nSPS) is 14.1. The summed E-state index contributed by atoms with van der Waals surface area (Å²) in [6, 6.07) is 3.29. The van der Waals surface area contributed by atoms with E-state index in [9.17, 15) is 16.8 Å². The summed E-state index contributed by atoms with van der Waals surface area (Å²) in [5, 5.41) is 2.95. The van der Waals surface area contributed by atoms with Crippen molar-refractivity contribution in [2.45, 2.75) is 30.5 Å². The van der Waals surface area contributed by atoms with E-state index in [1.807, 2.05) is 6.92 Å². The lowest BCUT2D eigenvalue weighted by molar-refractivity contribution is 0.556. The third-order valence-corrected chi connectivity index (χ3v) is 7.51. The highest BCUT2D eigenvalue weighted by Crippen LogP contribution is 2.21. The Morgan fingerprint density at radius 1 is 1.18 bits per heavy atom. The number of likely N-dealkylation sites (N-methyl/N-ethyl adjacent to an activating group) is 1. The Balaban J connectivity index is 2.60. The highest BCUT2D eigenvalue weighted by atomic mass is 32.2. The summed E-state index contributed by atoms with van der Waals surface area (Å²) in [6.45, 7) is 4.01. The minimum Gasteiger partial charge on any atom is -0.316 e. The van der Waals surface area contributed by atoms with E-state index in [4.69, 9.17) is 0 Å². The van der Waals surface area contributed by atoms with Gasteiger partial charge in [-0.2, -0.15) is 0 Å². The molecule has 0 amide bonds. The summed E-state index contributed by atoms with van der Waals surface area (Å²) >= 11 is 1.15. The zero-order valence-corrected chi connectivity index (χ0v) is 15.4. The molecule has 0 saturated carbocycles. The Bertz CT molecular complexity index is 668. The van der Waals surface area contributed by atoms with E-state index in [0.29, 0.717) is 13.0 Å². The molecule has 1 unspecified atom stereocenters. The third-order valence-electron chi connectivity index (χ3n) is 3.05. The number of nitrogens with one attached hydrogen (secondary N) is 3. The van der Waals surface area contributed by atoms with Crippen molar-refractivity contribution in [1.82, 2.24) is 14.8 Å². The van der Waals surface area contributed by atoms with Gasteiger partial charge in [-0.25, -0.2) is 26.3 Å². The maximum absolute atomic E-state index is 12.1. The largest absolute Gasteiger partial charge is 0.316 e.